The maximum absolute atomic E-state index is 5.15. The maximum Gasteiger partial charge on any atom is 0.118 e. The molecule has 0 heterocycles. The van der Waals surface area contributed by atoms with Crippen molar-refractivity contribution in [2.75, 3.05) is 7.11 Å². The molecule has 2 nitrogen and oxygen atoms in total. The first-order valence-corrected chi connectivity index (χ1v) is 7.85. The van der Waals surface area contributed by atoms with Gasteiger partial charge < -0.3 is 4.74 Å². The molecule has 0 bridgehead atoms. The summed E-state index contributed by atoms with van der Waals surface area (Å²) in [5.41, 5.74) is 4.33. The molecule has 0 saturated carbocycles. The highest BCUT2D eigenvalue weighted by Gasteiger charge is 1.93. The van der Waals surface area contributed by atoms with Crippen molar-refractivity contribution in [2.45, 2.75) is 0 Å². The molecular formula is C22H19NO. The van der Waals surface area contributed by atoms with Gasteiger partial charge in [0.15, 0.2) is 0 Å². The molecule has 0 N–H and O–H groups in total. The molecule has 0 unspecified atom stereocenters. The van der Waals surface area contributed by atoms with Crippen LogP contribution in [0.25, 0.3) is 12.2 Å². The van der Waals surface area contributed by atoms with Gasteiger partial charge in [0.05, 0.1) is 12.8 Å². The number of nitrogens with zero attached hydrogens (tertiary/aromatic N) is 1. The lowest BCUT2D eigenvalue weighted by atomic mass is 10.1. The quantitative estimate of drug-likeness (QED) is 0.443. The third kappa shape index (κ3) is 4.43. The number of benzene rings is 3. The molecule has 3 rings (SSSR count). The summed E-state index contributed by atoms with van der Waals surface area (Å²) in [5, 5.41) is 0. The molecule has 0 radical (unpaired) electrons. The molecule has 24 heavy (non-hydrogen) atoms. The zero-order valence-electron chi connectivity index (χ0n) is 13.6. The Morgan fingerprint density at radius 2 is 1.25 bits per heavy atom. The lowest BCUT2D eigenvalue weighted by molar-refractivity contribution is 0.415. The van der Waals surface area contributed by atoms with Crippen LogP contribution in [0.4, 0.5) is 5.69 Å². The lowest BCUT2D eigenvalue weighted by Gasteiger charge is -1.99. The number of methoxy groups -OCH3 is 1. The Morgan fingerprint density at radius 1 is 0.667 bits per heavy atom. The summed E-state index contributed by atoms with van der Waals surface area (Å²) < 4.78 is 5.15. The van der Waals surface area contributed by atoms with Gasteiger partial charge in [0.1, 0.15) is 5.75 Å². The van der Waals surface area contributed by atoms with Crippen molar-refractivity contribution in [1.29, 1.82) is 0 Å². The number of aliphatic imine (C=N–C) groups is 1. The first-order chi connectivity index (χ1) is 11.8. The van der Waals surface area contributed by atoms with Crippen molar-refractivity contribution in [3.05, 3.63) is 95.6 Å². The zero-order valence-corrected chi connectivity index (χ0v) is 13.6. The third-order valence-corrected chi connectivity index (χ3v) is 3.64. The van der Waals surface area contributed by atoms with Gasteiger partial charge in [-0.3, -0.25) is 4.99 Å². The van der Waals surface area contributed by atoms with Crippen LogP contribution in [0.15, 0.2) is 83.9 Å². The molecule has 0 atom stereocenters. The van der Waals surface area contributed by atoms with Crippen molar-refractivity contribution in [1.82, 2.24) is 0 Å². The van der Waals surface area contributed by atoms with Crippen LogP contribution in [0.1, 0.15) is 16.7 Å². The Labute approximate surface area is 142 Å². The first kappa shape index (κ1) is 15.8. The van der Waals surface area contributed by atoms with E-state index in [2.05, 4.69) is 41.4 Å². The minimum Gasteiger partial charge on any atom is -0.497 e. The van der Waals surface area contributed by atoms with Crippen LogP contribution in [-0.4, -0.2) is 13.3 Å². The van der Waals surface area contributed by atoms with E-state index in [1.165, 1.54) is 5.56 Å². The van der Waals surface area contributed by atoms with E-state index in [-0.39, 0.29) is 0 Å². The summed E-state index contributed by atoms with van der Waals surface area (Å²) in [7, 11) is 1.66. The first-order valence-electron chi connectivity index (χ1n) is 7.85. The van der Waals surface area contributed by atoms with Gasteiger partial charge in [-0.25, -0.2) is 0 Å². The molecule has 0 aromatic heterocycles. The molecule has 118 valence electrons. The Bertz CT molecular complexity index is 816. The highest BCUT2D eigenvalue weighted by atomic mass is 16.5. The molecule has 0 amide bonds. The van der Waals surface area contributed by atoms with Crippen molar-refractivity contribution in [3.63, 3.8) is 0 Å². The third-order valence-electron chi connectivity index (χ3n) is 3.64. The van der Waals surface area contributed by atoms with E-state index in [4.69, 9.17) is 4.74 Å². The van der Waals surface area contributed by atoms with Crippen LogP contribution in [-0.2, 0) is 0 Å². The van der Waals surface area contributed by atoms with E-state index in [0.29, 0.717) is 0 Å². The second-order valence-corrected chi connectivity index (χ2v) is 5.37. The van der Waals surface area contributed by atoms with Crippen molar-refractivity contribution < 1.29 is 4.74 Å². The fraction of sp³-hybridized carbons (Fsp3) is 0.0455. The van der Waals surface area contributed by atoms with E-state index in [1.807, 2.05) is 60.8 Å². The molecular weight excluding hydrogens is 294 g/mol. The van der Waals surface area contributed by atoms with Gasteiger partial charge >= 0.3 is 0 Å². The van der Waals surface area contributed by atoms with Crippen molar-refractivity contribution in [2.24, 2.45) is 4.99 Å². The molecule has 0 aliphatic heterocycles. The standard InChI is InChI=1S/C22H19NO/c1-24-22-15-11-20(12-16-22)17-23-21-13-9-19(10-14-21)8-7-18-5-3-2-4-6-18/h2-17H,1H3/b8-7+,23-17+. The summed E-state index contributed by atoms with van der Waals surface area (Å²) in [6.45, 7) is 0. The van der Waals surface area contributed by atoms with E-state index in [1.54, 1.807) is 7.11 Å². The predicted molar refractivity (Wildman–Crippen MR) is 102 cm³/mol. The average Bonchev–Trinajstić information content (AvgIpc) is 2.67. The monoisotopic (exact) mass is 313 g/mol. The molecule has 0 aliphatic carbocycles. The van der Waals surface area contributed by atoms with Crippen LogP contribution in [0.5, 0.6) is 5.75 Å². The fourth-order valence-electron chi connectivity index (χ4n) is 2.27. The smallest absolute Gasteiger partial charge is 0.118 e. The van der Waals surface area contributed by atoms with Gasteiger partial charge in [-0.2, -0.15) is 0 Å². The number of ether oxygens (including phenoxy) is 1. The Balaban J connectivity index is 1.65. The van der Waals surface area contributed by atoms with Gasteiger partial charge in [0.2, 0.25) is 0 Å². The maximum atomic E-state index is 5.15. The van der Waals surface area contributed by atoms with Crippen LogP contribution in [0.3, 0.4) is 0 Å². The summed E-state index contributed by atoms with van der Waals surface area (Å²) in [6.07, 6.45) is 6.07. The van der Waals surface area contributed by atoms with Crippen LogP contribution >= 0.6 is 0 Å². The van der Waals surface area contributed by atoms with E-state index in [0.717, 1.165) is 22.6 Å². The number of rotatable bonds is 5. The zero-order chi connectivity index (χ0) is 16.6. The minimum absolute atomic E-state index is 0.849. The Morgan fingerprint density at radius 3 is 1.88 bits per heavy atom. The predicted octanol–water partition coefficient (Wildman–Crippen LogP) is 5.62. The SMILES string of the molecule is COc1ccc(/C=N/c2ccc(/C=C/c3ccccc3)cc2)cc1. The molecule has 0 fully saturated rings. The Hall–Kier alpha value is -3.13. The lowest BCUT2D eigenvalue weighted by Crippen LogP contribution is -1.84. The van der Waals surface area contributed by atoms with Crippen molar-refractivity contribution in [3.8, 4) is 5.75 Å². The fourth-order valence-corrected chi connectivity index (χ4v) is 2.27. The molecule has 3 aromatic rings. The van der Waals surface area contributed by atoms with Gasteiger partial charge in [0, 0.05) is 6.21 Å². The van der Waals surface area contributed by atoms with E-state index >= 15 is 0 Å². The van der Waals surface area contributed by atoms with Gasteiger partial charge in [-0.1, -0.05) is 54.6 Å². The van der Waals surface area contributed by atoms with E-state index in [9.17, 15) is 0 Å². The van der Waals surface area contributed by atoms with Gasteiger partial charge in [0.25, 0.3) is 0 Å². The van der Waals surface area contributed by atoms with E-state index < -0.39 is 0 Å². The van der Waals surface area contributed by atoms with Crippen LogP contribution < -0.4 is 4.74 Å². The molecule has 0 aliphatic rings. The second-order valence-electron chi connectivity index (χ2n) is 5.37. The van der Waals surface area contributed by atoms with Crippen molar-refractivity contribution >= 4 is 24.1 Å². The Kier molecular flexibility index (Phi) is 5.21. The number of hydrogen-bond donors (Lipinski definition) is 0. The highest BCUT2D eigenvalue weighted by Crippen LogP contribution is 2.16. The molecule has 0 spiro atoms. The van der Waals surface area contributed by atoms with Crippen LogP contribution in [0.2, 0.25) is 0 Å². The van der Waals surface area contributed by atoms with Crippen LogP contribution in [0, 0.1) is 0 Å². The summed E-state index contributed by atoms with van der Waals surface area (Å²) in [6, 6.07) is 26.3. The largest absolute Gasteiger partial charge is 0.497 e. The topological polar surface area (TPSA) is 21.6 Å². The molecule has 3 aromatic carbocycles. The molecule has 2 heteroatoms. The molecule has 0 saturated heterocycles. The minimum atomic E-state index is 0.849. The average molecular weight is 313 g/mol. The summed E-state index contributed by atoms with van der Waals surface area (Å²) in [4.78, 5) is 4.50. The van der Waals surface area contributed by atoms with Gasteiger partial charge in [-0.05, 0) is 53.1 Å². The van der Waals surface area contributed by atoms with Gasteiger partial charge in [-0.15, -0.1) is 0 Å². The summed E-state index contributed by atoms with van der Waals surface area (Å²) in [5.74, 6) is 0.849. The highest BCUT2D eigenvalue weighted by molar-refractivity contribution is 5.82. The normalized spacial score (nSPS) is 11.2. The summed E-state index contributed by atoms with van der Waals surface area (Å²) >= 11 is 0. The number of hydrogen-bond acceptors (Lipinski definition) is 2. The second kappa shape index (κ2) is 7.93.